The first-order chi connectivity index (χ1) is 7.04. The average Bonchev–Trinajstić information content (AvgIpc) is 2.19. The number of rotatable bonds is 1. The highest BCUT2D eigenvalue weighted by Crippen LogP contribution is 2.55. The normalized spacial score (nSPS) is 45.9. The van der Waals surface area contributed by atoms with E-state index in [-0.39, 0.29) is 0 Å². The lowest BCUT2D eigenvalue weighted by Crippen LogP contribution is -2.42. The molecule has 0 bridgehead atoms. The summed E-state index contributed by atoms with van der Waals surface area (Å²) in [7, 11) is 0. The van der Waals surface area contributed by atoms with Gasteiger partial charge in [-0.25, -0.2) is 0 Å². The van der Waals surface area contributed by atoms with E-state index in [0.717, 1.165) is 17.8 Å². The van der Waals surface area contributed by atoms with Gasteiger partial charge in [0.2, 0.25) is 0 Å². The van der Waals surface area contributed by atoms with Crippen LogP contribution in [0.4, 0.5) is 0 Å². The maximum atomic E-state index is 4.17. The minimum Gasteiger partial charge on any atom is -0.0999 e. The van der Waals surface area contributed by atoms with Crippen molar-refractivity contribution in [2.75, 3.05) is 0 Å². The first kappa shape index (κ1) is 11.2. The summed E-state index contributed by atoms with van der Waals surface area (Å²) in [6.45, 7) is 11.4. The molecule has 0 saturated heterocycles. The second-order valence-electron chi connectivity index (χ2n) is 6.36. The van der Waals surface area contributed by atoms with E-state index in [1.165, 1.54) is 44.1 Å². The fourth-order valence-corrected chi connectivity index (χ4v) is 4.03. The molecular formula is C15H26. The van der Waals surface area contributed by atoms with E-state index in [4.69, 9.17) is 0 Å². The Bertz CT molecular complexity index is 253. The topological polar surface area (TPSA) is 0 Å². The molecule has 0 spiro atoms. The van der Waals surface area contributed by atoms with E-state index in [2.05, 4.69) is 27.4 Å². The molecule has 0 heteroatoms. The van der Waals surface area contributed by atoms with Crippen LogP contribution in [0.5, 0.6) is 0 Å². The van der Waals surface area contributed by atoms with Crippen molar-refractivity contribution in [3.05, 3.63) is 12.2 Å². The molecule has 15 heavy (non-hydrogen) atoms. The largest absolute Gasteiger partial charge is 0.0999 e. The number of hydrogen-bond acceptors (Lipinski definition) is 0. The van der Waals surface area contributed by atoms with Crippen LogP contribution in [-0.2, 0) is 0 Å². The van der Waals surface area contributed by atoms with Crippen molar-refractivity contribution in [3.8, 4) is 0 Å². The molecule has 0 aromatic carbocycles. The molecule has 2 aliphatic rings. The minimum absolute atomic E-state index is 0.625. The van der Waals surface area contributed by atoms with Crippen molar-refractivity contribution in [3.63, 3.8) is 0 Å². The van der Waals surface area contributed by atoms with Crippen LogP contribution in [0, 0.1) is 23.2 Å². The number of fused-ring (bicyclic) bond motifs is 1. The minimum atomic E-state index is 0.625. The third-order valence-electron chi connectivity index (χ3n) is 5.49. The lowest BCUT2D eigenvalue weighted by atomic mass is 9.53. The molecule has 0 radical (unpaired) electrons. The summed E-state index contributed by atoms with van der Waals surface area (Å²) < 4.78 is 0. The van der Waals surface area contributed by atoms with Crippen molar-refractivity contribution >= 4 is 0 Å². The molecule has 2 fully saturated rings. The Morgan fingerprint density at radius 1 is 1.20 bits per heavy atom. The summed E-state index contributed by atoms with van der Waals surface area (Å²) >= 11 is 0. The van der Waals surface area contributed by atoms with Crippen LogP contribution in [-0.4, -0.2) is 0 Å². The van der Waals surface area contributed by atoms with Crippen LogP contribution in [0.2, 0.25) is 0 Å². The van der Waals surface area contributed by atoms with Crippen molar-refractivity contribution in [1.29, 1.82) is 0 Å². The Labute approximate surface area is 95.1 Å². The zero-order chi connectivity index (χ0) is 11.1. The quantitative estimate of drug-likeness (QED) is 0.540. The van der Waals surface area contributed by atoms with E-state index in [1.54, 1.807) is 0 Å². The predicted octanol–water partition coefficient (Wildman–Crippen LogP) is 4.81. The van der Waals surface area contributed by atoms with Crippen LogP contribution >= 0.6 is 0 Å². The highest BCUT2D eigenvalue weighted by Gasteiger charge is 2.45. The molecule has 0 heterocycles. The summed E-state index contributed by atoms with van der Waals surface area (Å²) in [5.41, 5.74) is 2.05. The number of allylic oxidation sites excluding steroid dienone is 1. The molecule has 4 atom stereocenters. The van der Waals surface area contributed by atoms with E-state index in [1.807, 2.05) is 0 Å². The lowest BCUT2D eigenvalue weighted by Gasteiger charge is -2.52. The Kier molecular flexibility index (Phi) is 2.96. The Morgan fingerprint density at radius 2 is 1.93 bits per heavy atom. The average molecular weight is 206 g/mol. The summed E-state index contributed by atoms with van der Waals surface area (Å²) in [5, 5.41) is 0. The highest BCUT2D eigenvalue weighted by molar-refractivity contribution is 5.04. The van der Waals surface area contributed by atoms with Gasteiger partial charge in [-0.2, -0.15) is 0 Å². The summed E-state index contributed by atoms with van der Waals surface area (Å²) in [6.07, 6.45) is 8.69. The Hall–Kier alpha value is -0.260. The van der Waals surface area contributed by atoms with Crippen molar-refractivity contribution in [2.45, 2.75) is 59.3 Å². The van der Waals surface area contributed by atoms with Crippen molar-refractivity contribution in [1.82, 2.24) is 0 Å². The van der Waals surface area contributed by atoms with Gasteiger partial charge in [0.1, 0.15) is 0 Å². The second-order valence-corrected chi connectivity index (χ2v) is 6.36. The van der Waals surface area contributed by atoms with Gasteiger partial charge in [0.05, 0.1) is 0 Å². The van der Waals surface area contributed by atoms with E-state index in [9.17, 15) is 0 Å². The van der Waals surface area contributed by atoms with Crippen molar-refractivity contribution in [2.24, 2.45) is 23.2 Å². The molecule has 2 rings (SSSR count). The van der Waals surface area contributed by atoms with Gasteiger partial charge in [0, 0.05) is 0 Å². The monoisotopic (exact) mass is 206 g/mol. The predicted molar refractivity (Wildman–Crippen MR) is 66.8 cm³/mol. The van der Waals surface area contributed by atoms with Crippen LogP contribution in [0.1, 0.15) is 59.3 Å². The van der Waals surface area contributed by atoms with Crippen molar-refractivity contribution < 1.29 is 0 Å². The maximum Gasteiger partial charge on any atom is -0.0203 e. The summed E-state index contributed by atoms with van der Waals surface area (Å²) in [6, 6.07) is 0. The molecule has 2 saturated carbocycles. The first-order valence-corrected chi connectivity index (χ1v) is 6.69. The van der Waals surface area contributed by atoms with Gasteiger partial charge < -0.3 is 0 Å². The lowest BCUT2D eigenvalue weighted by molar-refractivity contribution is -0.00613. The first-order valence-electron chi connectivity index (χ1n) is 6.69. The molecule has 0 aliphatic heterocycles. The van der Waals surface area contributed by atoms with Gasteiger partial charge in [0.15, 0.2) is 0 Å². The molecule has 0 aromatic heterocycles. The van der Waals surface area contributed by atoms with E-state index < -0.39 is 0 Å². The SMILES string of the molecule is C=C(C)C1CCC2CCCC(C)C2(C)C1. The van der Waals surface area contributed by atoms with Gasteiger partial charge in [-0.1, -0.05) is 38.8 Å². The van der Waals surface area contributed by atoms with Gasteiger partial charge in [-0.05, 0) is 55.8 Å². The molecule has 2 aliphatic carbocycles. The fraction of sp³-hybridized carbons (Fsp3) is 0.867. The Morgan fingerprint density at radius 3 is 2.60 bits per heavy atom. The van der Waals surface area contributed by atoms with Gasteiger partial charge in [-0.15, -0.1) is 0 Å². The smallest absolute Gasteiger partial charge is 0.0203 e. The second kappa shape index (κ2) is 3.96. The van der Waals surface area contributed by atoms with Crippen LogP contribution in [0.3, 0.4) is 0 Å². The molecular weight excluding hydrogens is 180 g/mol. The fourth-order valence-electron chi connectivity index (χ4n) is 4.03. The zero-order valence-electron chi connectivity index (χ0n) is 10.7. The number of hydrogen-bond donors (Lipinski definition) is 0. The van der Waals surface area contributed by atoms with Crippen LogP contribution in [0.15, 0.2) is 12.2 Å². The molecule has 0 aromatic rings. The van der Waals surface area contributed by atoms with Gasteiger partial charge in [-0.3, -0.25) is 0 Å². The zero-order valence-corrected chi connectivity index (χ0v) is 10.7. The molecule has 4 unspecified atom stereocenters. The molecule has 86 valence electrons. The third-order valence-corrected chi connectivity index (χ3v) is 5.49. The Balaban J connectivity index is 2.15. The highest BCUT2D eigenvalue weighted by atomic mass is 14.5. The summed E-state index contributed by atoms with van der Waals surface area (Å²) in [4.78, 5) is 0. The van der Waals surface area contributed by atoms with Gasteiger partial charge >= 0.3 is 0 Å². The maximum absolute atomic E-state index is 4.17. The standard InChI is InChI=1S/C15H26/c1-11(2)13-8-9-14-7-5-6-12(3)15(14,4)10-13/h12-14H,1,5-10H2,2-4H3. The molecule has 0 N–H and O–H groups in total. The van der Waals surface area contributed by atoms with Crippen LogP contribution < -0.4 is 0 Å². The van der Waals surface area contributed by atoms with E-state index in [0.29, 0.717) is 5.41 Å². The van der Waals surface area contributed by atoms with Crippen LogP contribution in [0.25, 0.3) is 0 Å². The molecule has 0 nitrogen and oxygen atoms in total. The van der Waals surface area contributed by atoms with E-state index >= 15 is 0 Å². The molecule has 0 amide bonds. The van der Waals surface area contributed by atoms with Gasteiger partial charge in [0.25, 0.3) is 0 Å². The summed E-state index contributed by atoms with van der Waals surface area (Å²) in [5.74, 6) is 2.75. The third kappa shape index (κ3) is 1.88.